The van der Waals surface area contributed by atoms with Crippen LogP contribution in [0.25, 0.3) is 0 Å². The molecule has 2 rings (SSSR count). The van der Waals surface area contributed by atoms with Gasteiger partial charge in [0.1, 0.15) is 0 Å². The normalized spacial score (nSPS) is 20.2. The van der Waals surface area contributed by atoms with Gasteiger partial charge in [0.05, 0.1) is 7.11 Å². The average Bonchev–Trinajstić information content (AvgIpc) is 2.63. The lowest BCUT2D eigenvalue weighted by Gasteiger charge is -2.24. The summed E-state index contributed by atoms with van der Waals surface area (Å²) in [6.07, 6.45) is 2.28. The van der Waals surface area contributed by atoms with E-state index in [2.05, 4.69) is 21.8 Å². The minimum Gasteiger partial charge on any atom is -0.490 e. The molecule has 1 aromatic rings. The van der Waals surface area contributed by atoms with Crippen molar-refractivity contribution in [1.29, 1.82) is 0 Å². The van der Waals surface area contributed by atoms with E-state index in [0.717, 1.165) is 19.4 Å². The fraction of sp³-hybridized carbons (Fsp3) is 0.600. The Morgan fingerprint density at radius 1 is 1.38 bits per heavy atom. The molecule has 1 atom stereocenters. The van der Waals surface area contributed by atoms with Crippen molar-refractivity contribution in [3.05, 3.63) is 10.4 Å². The van der Waals surface area contributed by atoms with Gasteiger partial charge in [-0.3, -0.25) is 0 Å². The molecule has 1 aromatic heterocycles. The van der Waals surface area contributed by atoms with Gasteiger partial charge in [-0.1, -0.05) is 11.6 Å². The number of ether oxygens (including phenoxy) is 1. The van der Waals surface area contributed by atoms with Crippen LogP contribution in [0.15, 0.2) is 0 Å². The van der Waals surface area contributed by atoms with Crippen LogP contribution >= 0.6 is 23.2 Å². The summed E-state index contributed by atoms with van der Waals surface area (Å²) in [6.45, 7) is 3.09. The van der Waals surface area contributed by atoms with Crippen LogP contribution in [-0.4, -0.2) is 29.7 Å². The Morgan fingerprint density at radius 2 is 2.12 bits per heavy atom. The molecule has 88 valence electrons. The predicted octanol–water partition coefficient (Wildman–Crippen LogP) is 2.78. The highest BCUT2D eigenvalue weighted by Gasteiger charge is 2.26. The summed E-state index contributed by atoms with van der Waals surface area (Å²) in [6, 6.07) is 0.427. The average molecular weight is 262 g/mol. The first-order valence-electron chi connectivity index (χ1n) is 5.17. The van der Waals surface area contributed by atoms with Gasteiger partial charge in [0.2, 0.25) is 5.28 Å². The number of nitrogens with zero attached hydrogens (tertiary/aromatic N) is 3. The van der Waals surface area contributed by atoms with Crippen LogP contribution in [-0.2, 0) is 0 Å². The Hall–Kier alpha value is -0.740. The SMILES string of the molecule is COc1c(Cl)nc(Cl)nc1N1CCCC1C. The molecule has 0 spiro atoms. The minimum atomic E-state index is 0.153. The Morgan fingerprint density at radius 3 is 2.69 bits per heavy atom. The van der Waals surface area contributed by atoms with E-state index in [4.69, 9.17) is 27.9 Å². The van der Waals surface area contributed by atoms with Crippen molar-refractivity contribution in [2.75, 3.05) is 18.6 Å². The lowest BCUT2D eigenvalue weighted by molar-refractivity contribution is 0.410. The van der Waals surface area contributed by atoms with Gasteiger partial charge < -0.3 is 9.64 Å². The number of hydrogen-bond acceptors (Lipinski definition) is 4. The van der Waals surface area contributed by atoms with Crippen LogP contribution in [0.2, 0.25) is 10.4 Å². The van der Waals surface area contributed by atoms with Crippen LogP contribution < -0.4 is 9.64 Å². The summed E-state index contributed by atoms with van der Waals surface area (Å²) in [5.41, 5.74) is 0. The summed E-state index contributed by atoms with van der Waals surface area (Å²) in [7, 11) is 1.56. The van der Waals surface area contributed by atoms with Gasteiger partial charge in [0, 0.05) is 12.6 Å². The van der Waals surface area contributed by atoms with Crippen molar-refractivity contribution in [1.82, 2.24) is 9.97 Å². The lowest BCUT2D eigenvalue weighted by Crippen LogP contribution is -2.28. The molecular formula is C10H13Cl2N3O. The highest BCUT2D eigenvalue weighted by Crippen LogP contribution is 2.36. The van der Waals surface area contributed by atoms with Crippen molar-refractivity contribution in [2.24, 2.45) is 0 Å². The van der Waals surface area contributed by atoms with Gasteiger partial charge >= 0.3 is 0 Å². The first kappa shape index (κ1) is 11.7. The van der Waals surface area contributed by atoms with E-state index in [0.29, 0.717) is 17.6 Å². The van der Waals surface area contributed by atoms with Gasteiger partial charge in [0.15, 0.2) is 16.7 Å². The van der Waals surface area contributed by atoms with Gasteiger partial charge in [0.25, 0.3) is 0 Å². The van der Waals surface area contributed by atoms with Crippen LogP contribution in [0.1, 0.15) is 19.8 Å². The Bertz CT molecular complexity index is 400. The molecule has 1 aliphatic rings. The number of rotatable bonds is 2. The molecule has 0 saturated carbocycles. The summed E-state index contributed by atoms with van der Waals surface area (Å²) in [5, 5.41) is 0.413. The zero-order valence-corrected chi connectivity index (χ0v) is 10.7. The van der Waals surface area contributed by atoms with Gasteiger partial charge in [-0.2, -0.15) is 4.98 Å². The summed E-state index contributed by atoms with van der Waals surface area (Å²) < 4.78 is 5.23. The monoisotopic (exact) mass is 261 g/mol. The topological polar surface area (TPSA) is 38.3 Å². The summed E-state index contributed by atoms with van der Waals surface area (Å²) in [5.74, 6) is 1.19. The molecule has 0 N–H and O–H groups in total. The van der Waals surface area contributed by atoms with Crippen molar-refractivity contribution in [2.45, 2.75) is 25.8 Å². The third kappa shape index (κ3) is 2.04. The predicted molar refractivity (Wildman–Crippen MR) is 64.6 cm³/mol. The van der Waals surface area contributed by atoms with E-state index in [9.17, 15) is 0 Å². The smallest absolute Gasteiger partial charge is 0.226 e. The summed E-state index contributed by atoms with van der Waals surface area (Å²) in [4.78, 5) is 10.2. The molecule has 1 unspecified atom stereocenters. The van der Waals surface area contributed by atoms with Crippen molar-refractivity contribution >= 4 is 29.0 Å². The fourth-order valence-corrected chi connectivity index (χ4v) is 2.45. The first-order valence-corrected chi connectivity index (χ1v) is 5.92. The maximum atomic E-state index is 5.97. The van der Waals surface area contributed by atoms with Crippen molar-refractivity contribution in [3.63, 3.8) is 0 Å². The number of aromatic nitrogens is 2. The fourth-order valence-electron chi connectivity index (χ4n) is 2.01. The molecule has 0 aromatic carbocycles. The maximum absolute atomic E-state index is 5.97. The number of halogens is 2. The Labute approximate surface area is 105 Å². The van der Waals surface area contributed by atoms with E-state index < -0.39 is 0 Å². The number of methoxy groups -OCH3 is 1. The van der Waals surface area contributed by atoms with Crippen LogP contribution in [0.4, 0.5) is 5.82 Å². The molecule has 2 heterocycles. The number of anilines is 1. The molecule has 1 saturated heterocycles. The van der Waals surface area contributed by atoms with Crippen molar-refractivity contribution in [3.8, 4) is 5.75 Å². The zero-order chi connectivity index (χ0) is 11.7. The molecule has 1 fully saturated rings. The molecule has 16 heavy (non-hydrogen) atoms. The lowest BCUT2D eigenvalue weighted by atomic mass is 10.2. The summed E-state index contributed by atoms with van der Waals surface area (Å²) >= 11 is 11.8. The zero-order valence-electron chi connectivity index (χ0n) is 9.20. The second-order valence-electron chi connectivity index (χ2n) is 3.82. The van der Waals surface area contributed by atoms with E-state index in [1.807, 2.05) is 0 Å². The second-order valence-corrected chi connectivity index (χ2v) is 4.52. The Balaban J connectivity index is 2.45. The first-order chi connectivity index (χ1) is 7.63. The molecule has 1 aliphatic heterocycles. The van der Waals surface area contributed by atoms with E-state index in [1.165, 1.54) is 0 Å². The molecule has 4 nitrogen and oxygen atoms in total. The molecule has 0 amide bonds. The highest BCUT2D eigenvalue weighted by molar-refractivity contribution is 6.33. The molecule has 0 radical (unpaired) electrons. The Kier molecular flexibility index (Phi) is 3.40. The van der Waals surface area contributed by atoms with E-state index >= 15 is 0 Å². The minimum absolute atomic E-state index is 0.153. The molecule has 0 aliphatic carbocycles. The molecule has 6 heteroatoms. The van der Waals surface area contributed by atoms with Crippen molar-refractivity contribution < 1.29 is 4.74 Å². The van der Waals surface area contributed by atoms with E-state index in [-0.39, 0.29) is 10.4 Å². The molecular weight excluding hydrogens is 249 g/mol. The van der Waals surface area contributed by atoms with Crippen LogP contribution in [0, 0.1) is 0 Å². The quantitative estimate of drug-likeness (QED) is 0.606. The van der Waals surface area contributed by atoms with Gasteiger partial charge in [-0.05, 0) is 31.4 Å². The third-order valence-corrected chi connectivity index (χ3v) is 3.23. The van der Waals surface area contributed by atoms with Gasteiger partial charge in [-0.15, -0.1) is 0 Å². The highest BCUT2D eigenvalue weighted by atomic mass is 35.5. The van der Waals surface area contributed by atoms with Crippen LogP contribution in [0.5, 0.6) is 5.75 Å². The second kappa shape index (κ2) is 4.63. The van der Waals surface area contributed by atoms with Crippen LogP contribution in [0.3, 0.4) is 0 Å². The third-order valence-electron chi connectivity index (χ3n) is 2.81. The maximum Gasteiger partial charge on any atom is 0.226 e. The molecule has 0 bridgehead atoms. The standard InChI is InChI=1S/C10H13Cl2N3O/c1-6-4-3-5-15(6)9-7(16-2)8(11)13-10(12)14-9/h6H,3-5H2,1-2H3. The number of hydrogen-bond donors (Lipinski definition) is 0. The van der Waals surface area contributed by atoms with Gasteiger partial charge in [-0.25, -0.2) is 4.98 Å². The largest absolute Gasteiger partial charge is 0.490 e. The van der Waals surface area contributed by atoms with E-state index in [1.54, 1.807) is 7.11 Å².